The largest absolute Gasteiger partial charge is 0.376 e. The van der Waals surface area contributed by atoms with Crippen LogP contribution in [0, 0.1) is 0 Å². The molecule has 9 heteroatoms. The van der Waals surface area contributed by atoms with Crippen LogP contribution < -0.4 is 16.0 Å². The summed E-state index contributed by atoms with van der Waals surface area (Å²) in [7, 11) is 0. The third-order valence-corrected chi connectivity index (χ3v) is 5.48. The number of amides is 4. The minimum Gasteiger partial charge on any atom is -0.376 e. The van der Waals surface area contributed by atoms with Crippen LogP contribution in [-0.4, -0.2) is 72.2 Å². The number of fused-ring (bicyclic) bond motifs is 1. The Morgan fingerprint density at radius 2 is 1.96 bits per heavy atom. The third kappa shape index (κ3) is 3.45. The van der Waals surface area contributed by atoms with Gasteiger partial charge in [-0.2, -0.15) is 0 Å². The second-order valence-electron chi connectivity index (χ2n) is 7.22. The molecule has 1 aromatic carbocycles. The van der Waals surface area contributed by atoms with Crippen LogP contribution in [0.3, 0.4) is 0 Å². The number of anilines is 1. The van der Waals surface area contributed by atoms with E-state index in [1.165, 1.54) is 4.90 Å². The predicted molar refractivity (Wildman–Crippen MR) is 100 cm³/mol. The zero-order valence-corrected chi connectivity index (χ0v) is 15.5. The number of benzene rings is 1. The zero-order valence-electron chi connectivity index (χ0n) is 15.5. The van der Waals surface area contributed by atoms with E-state index in [9.17, 15) is 19.2 Å². The SMILES string of the molecule is O=C1CCC(N2Cc3c(NCC(=O)N4CCNCC4)cccc3C2=O)C(=O)N1. The first kappa shape index (κ1) is 18.4. The van der Waals surface area contributed by atoms with Gasteiger partial charge in [0.25, 0.3) is 5.91 Å². The third-order valence-electron chi connectivity index (χ3n) is 5.48. The summed E-state index contributed by atoms with van der Waals surface area (Å²) in [6.45, 7) is 3.41. The standard InChI is InChI=1S/C19H23N5O4/c25-16-5-4-15(18(27)22-16)24-11-13-12(19(24)28)2-1-3-14(13)21-10-17(26)23-8-6-20-7-9-23/h1-3,15,20-21H,4-11H2,(H,22,25,27). The molecule has 0 saturated carbocycles. The van der Waals surface area contributed by atoms with Gasteiger partial charge < -0.3 is 20.4 Å². The van der Waals surface area contributed by atoms with E-state index in [2.05, 4.69) is 16.0 Å². The van der Waals surface area contributed by atoms with Crippen LogP contribution in [0.25, 0.3) is 0 Å². The minimum atomic E-state index is -0.645. The predicted octanol–water partition coefficient (Wildman–Crippen LogP) is -0.709. The summed E-state index contributed by atoms with van der Waals surface area (Å²) in [5, 5.41) is 8.67. The summed E-state index contributed by atoms with van der Waals surface area (Å²) >= 11 is 0. The Morgan fingerprint density at radius 3 is 2.71 bits per heavy atom. The van der Waals surface area contributed by atoms with Crippen molar-refractivity contribution in [3.63, 3.8) is 0 Å². The second kappa shape index (κ2) is 7.59. The van der Waals surface area contributed by atoms with Crippen LogP contribution in [0.15, 0.2) is 18.2 Å². The number of carbonyl (C=O) groups excluding carboxylic acids is 4. The molecular formula is C19H23N5O4. The van der Waals surface area contributed by atoms with Crippen molar-refractivity contribution < 1.29 is 19.2 Å². The number of carbonyl (C=O) groups is 4. The smallest absolute Gasteiger partial charge is 0.255 e. The molecule has 0 aromatic heterocycles. The van der Waals surface area contributed by atoms with Gasteiger partial charge in [0.05, 0.1) is 6.54 Å². The summed E-state index contributed by atoms with van der Waals surface area (Å²) in [5.74, 6) is -0.938. The van der Waals surface area contributed by atoms with Gasteiger partial charge in [-0.25, -0.2) is 0 Å². The molecule has 1 atom stereocenters. The van der Waals surface area contributed by atoms with Gasteiger partial charge in [-0.15, -0.1) is 0 Å². The van der Waals surface area contributed by atoms with Crippen LogP contribution in [-0.2, 0) is 20.9 Å². The maximum atomic E-state index is 12.8. The maximum absolute atomic E-state index is 12.8. The van der Waals surface area contributed by atoms with Gasteiger partial charge in [0, 0.05) is 56.0 Å². The molecule has 4 amide bonds. The van der Waals surface area contributed by atoms with Crippen LogP contribution in [0.2, 0.25) is 0 Å². The quantitative estimate of drug-likeness (QED) is 0.591. The number of rotatable bonds is 4. The van der Waals surface area contributed by atoms with Gasteiger partial charge >= 0.3 is 0 Å². The van der Waals surface area contributed by atoms with E-state index >= 15 is 0 Å². The first-order chi connectivity index (χ1) is 13.5. The number of nitrogens with one attached hydrogen (secondary N) is 3. The Hall–Kier alpha value is -2.94. The van der Waals surface area contributed by atoms with Crippen LogP contribution in [0.5, 0.6) is 0 Å². The van der Waals surface area contributed by atoms with Crippen molar-refractivity contribution in [3.05, 3.63) is 29.3 Å². The van der Waals surface area contributed by atoms with Crippen molar-refractivity contribution in [3.8, 4) is 0 Å². The zero-order chi connectivity index (χ0) is 19.7. The number of piperazine rings is 1. The molecule has 3 aliphatic rings. The maximum Gasteiger partial charge on any atom is 0.255 e. The summed E-state index contributed by atoms with van der Waals surface area (Å²) in [6, 6.07) is 4.69. The highest BCUT2D eigenvalue weighted by Gasteiger charge is 2.39. The second-order valence-corrected chi connectivity index (χ2v) is 7.22. The van der Waals surface area contributed by atoms with Crippen molar-refractivity contribution in [1.29, 1.82) is 0 Å². The van der Waals surface area contributed by atoms with Crippen molar-refractivity contribution >= 4 is 29.3 Å². The number of imide groups is 1. The van der Waals surface area contributed by atoms with E-state index in [-0.39, 0.29) is 37.2 Å². The molecule has 0 radical (unpaired) electrons. The molecular weight excluding hydrogens is 362 g/mol. The summed E-state index contributed by atoms with van der Waals surface area (Å²) < 4.78 is 0. The molecule has 2 fully saturated rings. The number of nitrogens with zero attached hydrogens (tertiary/aromatic N) is 2. The van der Waals surface area contributed by atoms with E-state index in [1.807, 2.05) is 11.0 Å². The van der Waals surface area contributed by atoms with Crippen molar-refractivity contribution in [1.82, 2.24) is 20.4 Å². The van der Waals surface area contributed by atoms with Crippen LogP contribution in [0.4, 0.5) is 5.69 Å². The lowest BCUT2D eigenvalue weighted by molar-refractivity contribution is -0.137. The molecule has 3 heterocycles. The fourth-order valence-electron chi connectivity index (χ4n) is 3.95. The van der Waals surface area contributed by atoms with E-state index in [0.717, 1.165) is 24.3 Å². The van der Waals surface area contributed by atoms with Gasteiger partial charge in [0.15, 0.2) is 0 Å². The van der Waals surface area contributed by atoms with E-state index in [1.54, 1.807) is 12.1 Å². The number of hydrogen-bond acceptors (Lipinski definition) is 6. The monoisotopic (exact) mass is 385 g/mol. The Balaban J connectivity index is 1.46. The Bertz CT molecular complexity index is 834. The van der Waals surface area contributed by atoms with Crippen LogP contribution >= 0.6 is 0 Å². The van der Waals surface area contributed by atoms with Gasteiger partial charge in [0.1, 0.15) is 6.04 Å². The molecule has 1 unspecified atom stereocenters. The normalized spacial score (nSPS) is 22.1. The highest BCUT2D eigenvalue weighted by molar-refractivity contribution is 6.06. The van der Waals surface area contributed by atoms with E-state index < -0.39 is 11.9 Å². The topological polar surface area (TPSA) is 111 Å². The first-order valence-corrected chi connectivity index (χ1v) is 9.53. The average molecular weight is 385 g/mol. The molecule has 4 rings (SSSR count). The fraction of sp³-hybridized carbons (Fsp3) is 0.474. The molecule has 0 aliphatic carbocycles. The molecule has 0 bridgehead atoms. The Kier molecular flexibility index (Phi) is 4.99. The van der Waals surface area contributed by atoms with E-state index in [0.29, 0.717) is 25.1 Å². The molecule has 3 aliphatic heterocycles. The minimum absolute atomic E-state index is 0.0189. The summed E-state index contributed by atoms with van der Waals surface area (Å²) in [5.41, 5.74) is 2.04. The lowest BCUT2D eigenvalue weighted by atomic mass is 10.0. The van der Waals surface area contributed by atoms with Crippen molar-refractivity contribution in [2.24, 2.45) is 0 Å². The molecule has 0 spiro atoms. The van der Waals surface area contributed by atoms with Crippen molar-refractivity contribution in [2.75, 3.05) is 38.0 Å². The average Bonchev–Trinajstić information content (AvgIpc) is 3.04. The molecule has 148 valence electrons. The Labute approximate surface area is 162 Å². The highest BCUT2D eigenvalue weighted by atomic mass is 16.2. The Morgan fingerprint density at radius 1 is 1.18 bits per heavy atom. The molecule has 1 aromatic rings. The summed E-state index contributed by atoms with van der Waals surface area (Å²) in [4.78, 5) is 52.1. The number of piperidine rings is 1. The van der Waals surface area contributed by atoms with Crippen LogP contribution in [0.1, 0.15) is 28.8 Å². The first-order valence-electron chi connectivity index (χ1n) is 9.53. The van der Waals surface area contributed by atoms with Gasteiger partial charge in [-0.1, -0.05) is 6.07 Å². The number of hydrogen-bond donors (Lipinski definition) is 3. The van der Waals surface area contributed by atoms with Crippen molar-refractivity contribution in [2.45, 2.75) is 25.4 Å². The molecule has 2 saturated heterocycles. The molecule has 9 nitrogen and oxygen atoms in total. The summed E-state index contributed by atoms with van der Waals surface area (Å²) in [6.07, 6.45) is 0.551. The van der Waals surface area contributed by atoms with Gasteiger partial charge in [-0.3, -0.25) is 24.5 Å². The lowest BCUT2D eigenvalue weighted by Crippen LogP contribution is -2.52. The van der Waals surface area contributed by atoms with Gasteiger partial charge in [0.2, 0.25) is 17.7 Å². The fourth-order valence-corrected chi connectivity index (χ4v) is 3.95. The highest BCUT2D eigenvalue weighted by Crippen LogP contribution is 2.32. The molecule has 28 heavy (non-hydrogen) atoms. The lowest BCUT2D eigenvalue weighted by Gasteiger charge is -2.29. The van der Waals surface area contributed by atoms with Gasteiger partial charge in [-0.05, 0) is 18.6 Å². The molecule has 3 N–H and O–H groups in total. The van der Waals surface area contributed by atoms with E-state index in [4.69, 9.17) is 0 Å².